The average molecular weight is 398 g/mol. The Morgan fingerprint density at radius 3 is 2.70 bits per heavy atom. The number of nitrogens with zero attached hydrogens (tertiary/aromatic N) is 1. The minimum Gasteiger partial charge on any atom is -0.492 e. The van der Waals surface area contributed by atoms with Crippen molar-refractivity contribution in [2.24, 2.45) is 0 Å². The molecular weight excluding hydrogens is 383 g/mol. The van der Waals surface area contributed by atoms with E-state index in [4.69, 9.17) is 17.0 Å². The molecule has 0 atom stereocenters. The van der Waals surface area contributed by atoms with E-state index < -0.39 is 0 Å². The van der Waals surface area contributed by atoms with Gasteiger partial charge in [-0.05, 0) is 36.4 Å². The Kier molecular flexibility index (Phi) is 4.96. The number of thiocarbonyl (C=S) groups is 1. The molecule has 0 saturated carbocycles. The largest absolute Gasteiger partial charge is 0.492 e. The maximum absolute atomic E-state index is 13.0. The Hall–Kier alpha value is -2.64. The molecule has 0 spiro atoms. The molecule has 1 amide bonds. The first-order valence-electron chi connectivity index (χ1n) is 8.31. The van der Waals surface area contributed by atoms with E-state index in [1.165, 1.54) is 23.9 Å². The van der Waals surface area contributed by atoms with Crippen LogP contribution in [-0.2, 0) is 11.3 Å². The molecule has 2 heterocycles. The summed E-state index contributed by atoms with van der Waals surface area (Å²) >= 11 is 6.32. The number of benzene rings is 2. The summed E-state index contributed by atoms with van der Waals surface area (Å²) in [4.78, 5) is 12.5. The van der Waals surface area contributed by atoms with Crippen LogP contribution in [0.1, 0.15) is 5.56 Å². The maximum Gasteiger partial charge on any atom is 0.263 e. The van der Waals surface area contributed by atoms with Crippen molar-refractivity contribution in [3.8, 4) is 5.75 Å². The molecule has 0 aliphatic carbocycles. The molecule has 1 aliphatic heterocycles. The number of rotatable bonds is 5. The summed E-state index contributed by atoms with van der Waals surface area (Å²) in [5.41, 5.74) is 2.01. The molecule has 4 nitrogen and oxygen atoms in total. The van der Waals surface area contributed by atoms with Crippen molar-refractivity contribution in [1.82, 2.24) is 9.88 Å². The lowest BCUT2D eigenvalue weighted by Crippen LogP contribution is -2.17. The highest BCUT2D eigenvalue weighted by Crippen LogP contribution is 2.29. The van der Waals surface area contributed by atoms with Crippen molar-refractivity contribution in [3.63, 3.8) is 0 Å². The van der Waals surface area contributed by atoms with Crippen molar-refractivity contribution in [2.45, 2.75) is 6.54 Å². The predicted octanol–water partition coefficient (Wildman–Crippen LogP) is 4.35. The smallest absolute Gasteiger partial charge is 0.263 e. The minimum absolute atomic E-state index is 0.165. The van der Waals surface area contributed by atoms with E-state index in [1.54, 1.807) is 12.1 Å². The van der Waals surface area contributed by atoms with Gasteiger partial charge in [0, 0.05) is 22.7 Å². The van der Waals surface area contributed by atoms with Gasteiger partial charge in [-0.2, -0.15) is 0 Å². The van der Waals surface area contributed by atoms with Gasteiger partial charge >= 0.3 is 0 Å². The Bertz CT molecular complexity index is 1060. The minimum atomic E-state index is -0.287. The van der Waals surface area contributed by atoms with E-state index in [9.17, 15) is 9.18 Å². The van der Waals surface area contributed by atoms with E-state index in [0.717, 1.165) is 16.5 Å². The lowest BCUT2D eigenvalue weighted by Gasteiger charge is -2.08. The molecule has 0 unspecified atom stereocenters. The van der Waals surface area contributed by atoms with Crippen LogP contribution in [-0.4, -0.2) is 21.4 Å². The molecule has 27 heavy (non-hydrogen) atoms. The van der Waals surface area contributed by atoms with Crippen LogP contribution in [0.5, 0.6) is 5.75 Å². The van der Waals surface area contributed by atoms with Gasteiger partial charge in [0.2, 0.25) is 0 Å². The van der Waals surface area contributed by atoms with Crippen LogP contribution in [0.3, 0.4) is 0 Å². The number of fused-ring (bicyclic) bond motifs is 1. The monoisotopic (exact) mass is 398 g/mol. The number of nitrogens with one attached hydrogen (secondary N) is 1. The van der Waals surface area contributed by atoms with Crippen molar-refractivity contribution in [2.75, 3.05) is 6.61 Å². The van der Waals surface area contributed by atoms with Crippen LogP contribution < -0.4 is 10.1 Å². The van der Waals surface area contributed by atoms with Gasteiger partial charge in [0.05, 0.1) is 11.4 Å². The number of halogens is 1. The summed E-state index contributed by atoms with van der Waals surface area (Å²) in [5, 5.41) is 3.69. The van der Waals surface area contributed by atoms with Gasteiger partial charge in [0.25, 0.3) is 5.91 Å². The highest BCUT2D eigenvalue weighted by molar-refractivity contribution is 8.26. The molecule has 2 aromatic carbocycles. The van der Waals surface area contributed by atoms with Gasteiger partial charge in [-0.3, -0.25) is 4.79 Å². The van der Waals surface area contributed by atoms with Gasteiger partial charge in [-0.15, -0.1) is 0 Å². The van der Waals surface area contributed by atoms with Crippen LogP contribution in [0.25, 0.3) is 17.0 Å². The lowest BCUT2D eigenvalue weighted by atomic mass is 10.1. The number of carbonyl (C=O) groups excluding carboxylic acids is 1. The predicted molar refractivity (Wildman–Crippen MR) is 110 cm³/mol. The quantitative estimate of drug-likeness (QED) is 0.513. The molecule has 1 N–H and O–H groups in total. The zero-order valence-corrected chi connectivity index (χ0v) is 15.8. The number of amides is 1. The van der Waals surface area contributed by atoms with E-state index in [2.05, 4.69) is 9.88 Å². The topological polar surface area (TPSA) is 43.3 Å². The molecule has 1 aliphatic rings. The van der Waals surface area contributed by atoms with Crippen LogP contribution in [0.4, 0.5) is 4.39 Å². The zero-order chi connectivity index (χ0) is 18.8. The Balaban J connectivity index is 1.56. The van der Waals surface area contributed by atoms with Crippen LogP contribution >= 0.6 is 24.0 Å². The third-order valence-electron chi connectivity index (χ3n) is 4.16. The molecule has 1 saturated heterocycles. The number of carbonyl (C=O) groups is 1. The van der Waals surface area contributed by atoms with Gasteiger partial charge < -0.3 is 14.6 Å². The Labute approximate surface area is 165 Å². The third kappa shape index (κ3) is 3.89. The van der Waals surface area contributed by atoms with Crippen molar-refractivity contribution >= 4 is 51.2 Å². The number of para-hydroxylation sites is 1. The van der Waals surface area contributed by atoms with Crippen molar-refractivity contribution < 1.29 is 13.9 Å². The molecular formula is C20H15FN2O2S2. The molecule has 4 rings (SSSR count). The molecule has 3 aromatic rings. The van der Waals surface area contributed by atoms with Crippen molar-refractivity contribution in [1.29, 1.82) is 0 Å². The summed E-state index contributed by atoms with van der Waals surface area (Å²) in [5.74, 6) is 0.175. The summed E-state index contributed by atoms with van der Waals surface area (Å²) in [7, 11) is 0. The Morgan fingerprint density at radius 2 is 1.96 bits per heavy atom. The van der Waals surface area contributed by atoms with Crippen LogP contribution in [0, 0.1) is 5.82 Å². The second-order valence-electron chi connectivity index (χ2n) is 5.95. The van der Waals surface area contributed by atoms with Crippen LogP contribution in [0.15, 0.2) is 59.6 Å². The Morgan fingerprint density at radius 1 is 1.19 bits per heavy atom. The van der Waals surface area contributed by atoms with E-state index in [-0.39, 0.29) is 11.7 Å². The molecule has 7 heteroatoms. The molecule has 0 radical (unpaired) electrons. The molecule has 1 aromatic heterocycles. The number of ether oxygens (including phenoxy) is 1. The first-order valence-corrected chi connectivity index (χ1v) is 9.54. The van der Waals surface area contributed by atoms with E-state index in [1.807, 2.05) is 36.5 Å². The second kappa shape index (κ2) is 7.54. The zero-order valence-electron chi connectivity index (χ0n) is 14.1. The van der Waals surface area contributed by atoms with Crippen LogP contribution in [0.2, 0.25) is 0 Å². The van der Waals surface area contributed by atoms with Crippen molar-refractivity contribution in [3.05, 3.63) is 71.0 Å². The van der Waals surface area contributed by atoms with Gasteiger partial charge in [0.15, 0.2) is 0 Å². The van der Waals surface area contributed by atoms with Gasteiger partial charge in [-0.1, -0.05) is 42.2 Å². The highest BCUT2D eigenvalue weighted by Gasteiger charge is 2.22. The summed E-state index contributed by atoms with van der Waals surface area (Å²) in [6.07, 6.45) is 3.86. The number of hydrogen-bond donors (Lipinski definition) is 1. The first-order chi connectivity index (χ1) is 13.1. The SMILES string of the molecule is O=C1NC(=S)S/C1=C/c1cn(CCOc2ccc(F)cc2)c2ccccc12. The average Bonchev–Trinajstić information content (AvgIpc) is 3.17. The summed E-state index contributed by atoms with van der Waals surface area (Å²) < 4.78 is 21.2. The summed E-state index contributed by atoms with van der Waals surface area (Å²) in [6, 6.07) is 14.0. The highest BCUT2D eigenvalue weighted by atomic mass is 32.2. The number of thioether (sulfide) groups is 1. The fourth-order valence-electron chi connectivity index (χ4n) is 2.93. The number of hydrogen-bond acceptors (Lipinski definition) is 4. The van der Waals surface area contributed by atoms with E-state index >= 15 is 0 Å². The second-order valence-corrected chi connectivity index (χ2v) is 7.67. The number of aromatic nitrogens is 1. The van der Waals surface area contributed by atoms with Gasteiger partial charge in [-0.25, -0.2) is 4.39 Å². The molecule has 0 bridgehead atoms. The third-order valence-corrected chi connectivity index (χ3v) is 5.33. The standard InChI is InChI=1S/C20H15FN2O2S2/c21-14-5-7-15(8-6-14)25-10-9-23-12-13(16-3-1-2-4-17(16)23)11-18-19(24)22-20(26)27-18/h1-8,11-12H,9-10H2,(H,22,24,26)/b18-11+. The lowest BCUT2D eigenvalue weighted by molar-refractivity contribution is -0.115. The fourth-order valence-corrected chi connectivity index (χ4v) is 3.97. The van der Waals surface area contributed by atoms with Gasteiger partial charge in [0.1, 0.15) is 22.5 Å². The van der Waals surface area contributed by atoms with E-state index in [0.29, 0.717) is 28.1 Å². The first kappa shape index (κ1) is 17.8. The fraction of sp³-hybridized carbons (Fsp3) is 0.100. The maximum atomic E-state index is 13.0. The molecule has 136 valence electrons. The normalized spacial score (nSPS) is 15.5. The summed E-state index contributed by atoms with van der Waals surface area (Å²) in [6.45, 7) is 1.07. The molecule has 1 fully saturated rings.